The highest BCUT2D eigenvalue weighted by Gasteiger charge is 2.15. The van der Waals surface area contributed by atoms with Gasteiger partial charge in [-0.3, -0.25) is 4.90 Å². The second kappa shape index (κ2) is 8.43. The summed E-state index contributed by atoms with van der Waals surface area (Å²) in [5, 5.41) is 8.95. The average Bonchev–Trinajstić information content (AvgIpc) is 2.66. The summed E-state index contributed by atoms with van der Waals surface area (Å²) in [6.45, 7) is 4.00. The Morgan fingerprint density at radius 2 is 1.25 bits per heavy atom. The molecule has 0 spiro atoms. The maximum absolute atomic E-state index is 10.9. The maximum atomic E-state index is 10.9. The van der Waals surface area contributed by atoms with Gasteiger partial charge in [0.1, 0.15) is 0 Å². The minimum absolute atomic E-state index is 0.0600. The van der Waals surface area contributed by atoms with Crippen LogP contribution in [0, 0.1) is 0 Å². The molecule has 0 aliphatic carbocycles. The van der Waals surface area contributed by atoms with Crippen molar-refractivity contribution < 1.29 is 9.90 Å². The van der Waals surface area contributed by atoms with E-state index in [-0.39, 0.29) is 5.56 Å². The molecule has 122 valence electrons. The van der Waals surface area contributed by atoms with Crippen molar-refractivity contribution in [1.82, 2.24) is 9.97 Å². The van der Waals surface area contributed by atoms with Crippen LogP contribution in [0.15, 0.2) is 73.1 Å². The fraction of sp³-hybridized carbons (Fsp3) is 0.105. The van der Waals surface area contributed by atoms with Gasteiger partial charge in [-0.25, -0.2) is 14.8 Å². The highest BCUT2D eigenvalue weighted by Crippen LogP contribution is 2.31. The summed E-state index contributed by atoms with van der Waals surface area (Å²) in [6, 6.07) is 19.4. The van der Waals surface area contributed by atoms with Crippen molar-refractivity contribution in [2.24, 2.45) is 0 Å². The van der Waals surface area contributed by atoms with E-state index in [0.29, 0.717) is 5.95 Å². The molecule has 1 aromatic heterocycles. The summed E-state index contributed by atoms with van der Waals surface area (Å²) in [7, 11) is 0. The first kappa shape index (κ1) is 17.1. The number of hydrogen-bond acceptors (Lipinski definition) is 4. The SMILES string of the molecule is CC.O=C(O)c1cnc(N(c2ccccc2)c2ccccc2)nc1. The molecule has 0 atom stereocenters. The Morgan fingerprint density at radius 3 is 1.62 bits per heavy atom. The van der Waals surface area contributed by atoms with Crippen molar-refractivity contribution in [3.8, 4) is 0 Å². The minimum atomic E-state index is -1.04. The van der Waals surface area contributed by atoms with E-state index in [4.69, 9.17) is 5.11 Å². The lowest BCUT2D eigenvalue weighted by Gasteiger charge is -2.22. The molecule has 24 heavy (non-hydrogen) atoms. The normalized spacial score (nSPS) is 9.58. The first-order valence-electron chi connectivity index (χ1n) is 7.71. The third kappa shape index (κ3) is 3.95. The van der Waals surface area contributed by atoms with Crippen molar-refractivity contribution in [1.29, 1.82) is 0 Å². The molecule has 0 radical (unpaired) electrons. The summed E-state index contributed by atoms with van der Waals surface area (Å²) in [5.74, 6) is -0.625. The first-order chi connectivity index (χ1) is 11.8. The largest absolute Gasteiger partial charge is 0.478 e. The van der Waals surface area contributed by atoms with Crippen LogP contribution in [0.25, 0.3) is 0 Å². The number of hydrogen-bond donors (Lipinski definition) is 1. The first-order valence-corrected chi connectivity index (χ1v) is 7.71. The number of carboxylic acids is 1. The maximum Gasteiger partial charge on any atom is 0.338 e. The van der Waals surface area contributed by atoms with Crippen molar-refractivity contribution in [3.63, 3.8) is 0 Å². The molecular formula is C19H19N3O2. The Bertz CT molecular complexity index is 720. The lowest BCUT2D eigenvalue weighted by atomic mass is 10.2. The molecule has 0 amide bonds. The summed E-state index contributed by atoms with van der Waals surface area (Å²) in [6.07, 6.45) is 2.62. The van der Waals surface area contributed by atoms with E-state index >= 15 is 0 Å². The molecule has 1 N–H and O–H groups in total. The van der Waals surface area contributed by atoms with E-state index in [9.17, 15) is 4.79 Å². The second-order valence-electron chi connectivity index (χ2n) is 4.58. The van der Waals surface area contributed by atoms with Crippen LogP contribution in [-0.4, -0.2) is 21.0 Å². The molecule has 1 heterocycles. The molecule has 0 aliphatic heterocycles. The van der Waals surface area contributed by atoms with Gasteiger partial charge in [0.05, 0.1) is 5.56 Å². The average molecular weight is 321 g/mol. The zero-order chi connectivity index (χ0) is 17.4. The number of para-hydroxylation sites is 2. The van der Waals surface area contributed by atoms with E-state index < -0.39 is 5.97 Å². The van der Waals surface area contributed by atoms with Crippen LogP contribution in [0.3, 0.4) is 0 Å². The van der Waals surface area contributed by atoms with Gasteiger partial charge >= 0.3 is 5.97 Å². The predicted molar refractivity (Wildman–Crippen MR) is 95.0 cm³/mol. The minimum Gasteiger partial charge on any atom is -0.478 e. The Hall–Kier alpha value is -3.21. The van der Waals surface area contributed by atoms with Crippen molar-refractivity contribution in [3.05, 3.63) is 78.6 Å². The number of nitrogens with zero attached hydrogens (tertiary/aromatic N) is 3. The molecule has 5 heteroatoms. The van der Waals surface area contributed by atoms with E-state index in [0.717, 1.165) is 11.4 Å². The number of aromatic nitrogens is 2. The molecule has 3 rings (SSSR count). The van der Waals surface area contributed by atoms with Gasteiger partial charge in [0.25, 0.3) is 0 Å². The van der Waals surface area contributed by atoms with Gasteiger partial charge in [-0.2, -0.15) is 0 Å². The molecule has 2 aromatic carbocycles. The standard InChI is InChI=1S/C17H13N3O2.C2H6/c21-16(22)13-11-18-17(19-12-13)20(14-7-3-1-4-8-14)15-9-5-2-6-10-15;1-2/h1-12H,(H,21,22);1-2H3. The fourth-order valence-electron chi connectivity index (χ4n) is 2.08. The van der Waals surface area contributed by atoms with Crippen LogP contribution in [0.5, 0.6) is 0 Å². The summed E-state index contributed by atoms with van der Waals surface area (Å²) in [5.41, 5.74) is 1.86. The van der Waals surface area contributed by atoms with E-state index in [1.54, 1.807) is 0 Å². The Kier molecular flexibility index (Phi) is 6.02. The molecular weight excluding hydrogens is 302 g/mol. The smallest absolute Gasteiger partial charge is 0.338 e. The zero-order valence-electron chi connectivity index (χ0n) is 13.6. The lowest BCUT2D eigenvalue weighted by Crippen LogP contribution is -2.13. The molecule has 0 unspecified atom stereocenters. The molecule has 5 nitrogen and oxygen atoms in total. The molecule has 0 saturated carbocycles. The number of anilines is 3. The molecule has 0 aliphatic rings. The third-order valence-electron chi connectivity index (χ3n) is 3.11. The van der Waals surface area contributed by atoms with E-state index in [1.807, 2.05) is 79.4 Å². The number of carboxylic acid groups (broad SMARTS) is 1. The number of carbonyl (C=O) groups is 1. The Balaban J connectivity index is 0.00000100. The highest BCUT2D eigenvalue weighted by molar-refractivity contribution is 5.87. The second-order valence-corrected chi connectivity index (χ2v) is 4.58. The lowest BCUT2D eigenvalue weighted by molar-refractivity contribution is 0.0696. The molecule has 3 aromatic rings. The molecule has 0 saturated heterocycles. The Morgan fingerprint density at radius 1 is 0.833 bits per heavy atom. The summed E-state index contributed by atoms with van der Waals surface area (Å²) in [4.78, 5) is 21.2. The van der Waals surface area contributed by atoms with Crippen LogP contribution in [0.4, 0.5) is 17.3 Å². The van der Waals surface area contributed by atoms with E-state index in [1.165, 1.54) is 12.4 Å². The van der Waals surface area contributed by atoms with Crippen LogP contribution in [0.1, 0.15) is 24.2 Å². The van der Waals surface area contributed by atoms with Gasteiger partial charge in [0.2, 0.25) is 5.95 Å². The van der Waals surface area contributed by atoms with E-state index in [2.05, 4.69) is 9.97 Å². The van der Waals surface area contributed by atoms with Crippen LogP contribution < -0.4 is 4.90 Å². The van der Waals surface area contributed by atoms with Crippen LogP contribution >= 0.6 is 0 Å². The van der Waals surface area contributed by atoms with Gasteiger partial charge in [-0.1, -0.05) is 50.2 Å². The van der Waals surface area contributed by atoms with Crippen molar-refractivity contribution in [2.75, 3.05) is 4.90 Å². The van der Waals surface area contributed by atoms with Gasteiger partial charge in [0, 0.05) is 23.8 Å². The summed E-state index contributed by atoms with van der Waals surface area (Å²) < 4.78 is 0. The number of rotatable bonds is 4. The topological polar surface area (TPSA) is 66.3 Å². The number of benzene rings is 2. The van der Waals surface area contributed by atoms with Gasteiger partial charge in [0.15, 0.2) is 0 Å². The number of aromatic carboxylic acids is 1. The summed E-state index contributed by atoms with van der Waals surface area (Å²) >= 11 is 0. The van der Waals surface area contributed by atoms with Crippen LogP contribution in [-0.2, 0) is 0 Å². The monoisotopic (exact) mass is 321 g/mol. The third-order valence-corrected chi connectivity index (χ3v) is 3.11. The molecule has 0 bridgehead atoms. The highest BCUT2D eigenvalue weighted by atomic mass is 16.4. The predicted octanol–water partition coefficient (Wildman–Crippen LogP) is 4.67. The quantitative estimate of drug-likeness (QED) is 0.756. The Labute approximate surface area is 141 Å². The fourth-order valence-corrected chi connectivity index (χ4v) is 2.08. The zero-order valence-corrected chi connectivity index (χ0v) is 13.6. The van der Waals surface area contributed by atoms with Crippen LogP contribution in [0.2, 0.25) is 0 Å². The van der Waals surface area contributed by atoms with Gasteiger partial charge < -0.3 is 5.11 Å². The van der Waals surface area contributed by atoms with Crippen molar-refractivity contribution in [2.45, 2.75) is 13.8 Å². The van der Waals surface area contributed by atoms with Gasteiger partial charge in [-0.15, -0.1) is 0 Å². The van der Waals surface area contributed by atoms with Gasteiger partial charge in [-0.05, 0) is 24.3 Å². The molecule has 0 fully saturated rings. The van der Waals surface area contributed by atoms with Crippen molar-refractivity contribution >= 4 is 23.3 Å².